The standard InChI is InChI=1S/C37H59NO11/c1-9-29(45-8)25(5)34-35(48-34)33(49-36(43)38-19-11-14-27(38)21-39)23(3)13-10-12-22(2)32-24(4)15-16-30(46-26(6)40)37(7,44)18-17-28(41)20-31(42)47-32/h10,12-13,15-16,23-25,27-30,32-35,39,41,44H,9,11,14,17-21H2,1-8H3/b13-10+,16-15+,22-12+/t23?,24?,25?,27-,28?,29?,30?,32?,33?,34?,35?,37?/m0/s1. The van der Waals surface area contributed by atoms with E-state index in [0.717, 1.165) is 19.3 Å². The summed E-state index contributed by atoms with van der Waals surface area (Å²) in [6, 6.07) is -0.265. The number of aliphatic hydroxyl groups is 3. The average Bonchev–Trinajstić information content (AvgIpc) is 3.69. The van der Waals surface area contributed by atoms with E-state index in [1.807, 2.05) is 39.0 Å². The van der Waals surface area contributed by atoms with Gasteiger partial charge in [-0.05, 0) is 57.6 Å². The summed E-state index contributed by atoms with van der Waals surface area (Å²) < 4.78 is 29.2. The number of cyclic esters (lactones) is 1. The molecular weight excluding hydrogens is 634 g/mol. The fraction of sp³-hybridized carbons (Fsp3) is 0.757. The molecule has 0 aromatic heterocycles. The van der Waals surface area contributed by atoms with Crippen LogP contribution in [0.15, 0.2) is 36.0 Å². The number of hydrogen-bond acceptors (Lipinski definition) is 11. The third-order valence-electron chi connectivity index (χ3n) is 10.1. The molecule has 3 N–H and O–H groups in total. The quantitative estimate of drug-likeness (QED) is 0.0880. The summed E-state index contributed by atoms with van der Waals surface area (Å²) in [6.45, 7) is 13.0. The topological polar surface area (TPSA) is 165 Å². The molecule has 0 aromatic carbocycles. The number of epoxide rings is 1. The van der Waals surface area contributed by atoms with Gasteiger partial charge in [0.2, 0.25) is 0 Å². The molecule has 11 unspecified atom stereocenters. The van der Waals surface area contributed by atoms with Crippen LogP contribution in [0.5, 0.6) is 0 Å². The van der Waals surface area contributed by atoms with E-state index >= 15 is 0 Å². The molecule has 0 aromatic rings. The molecule has 12 nitrogen and oxygen atoms in total. The summed E-state index contributed by atoms with van der Waals surface area (Å²) in [6.07, 6.45) is 7.03. The van der Waals surface area contributed by atoms with Crippen molar-refractivity contribution >= 4 is 18.0 Å². The van der Waals surface area contributed by atoms with Crippen LogP contribution >= 0.6 is 0 Å². The third kappa shape index (κ3) is 11.4. The van der Waals surface area contributed by atoms with Gasteiger partial charge in [-0.1, -0.05) is 52.0 Å². The number of ether oxygens (including phenoxy) is 5. The first-order chi connectivity index (χ1) is 23.1. The van der Waals surface area contributed by atoms with Crippen molar-refractivity contribution in [2.75, 3.05) is 20.3 Å². The van der Waals surface area contributed by atoms with Crippen LogP contribution in [0.1, 0.15) is 87.0 Å². The Balaban J connectivity index is 1.84. The highest BCUT2D eigenvalue weighted by atomic mass is 16.6. The van der Waals surface area contributed by atoms with Gasteiger partial charge in [0.25, 0.3) is 0 Å². The summed E-state index contributed by atoms with van der Waals surface area (Å²) in [7, 11) is 1.68. The SMILES string of the molecule is CCC(OC)C(C)C1OC1C(OC(=O)N1CCC[C@H]1CO)C(C)/C=C/C=C(\C)C1OC(=O)CC(O)CCC(C)(O)C(OC(C)=O)/C=C/C1C. The van der Waals surface area contributed by atoms with Crippen molar-refractivity contribution in [3.05, 3.63) is 36.0 Å². The van der Waals surface area contributed by atoms with E-state index in [1.54, 1.807) is 24.2 Å². The molecule has 2 saturated heterocycles. The van der Waals surface area contributed by atoms with Crippen LogP contribution in [0.25, 0.3) is 0 Å². The van der Waals surface area contributed by atoms with E-state index in [1.165, 1.54) is 13.8 Å². The fourth-order valence-corrected chi connectivity index (χ4v) is 6.93. The lowest BCUT2D eigenvalue weighted by atomic mass is 9.88. The van der Waals surface area contributed by atoms with E-state index in [9.17, 15) is 29.7 Å². The maximum atomic E-state index is 13.3. The Morgan fingerprint density at radius 2 is 1.90 bits per heavy atom. The Morgan fingerprint density at radius 3 is 2.53 bits per heavy atom. The van der Waals surface area contributed by atoms with E-state index < -0.39 is 48.0 Å². The molecule has 0 spiro atoms. The second kappa shape index (κ2) is 18.5. The van der Waals surface area contributed by atoms with Crippen molar-refractivity contribution in [3.63, 3.8) is 0 Å². The largest absolute Gasteiger partial charge is 0.457 e. The van der Waals surface area contributed by atoms with Crippen molar-refractivity contribution in [2.24, 2.45) is 17.8 Å². The number of likely N-dealkylation sites (tertiary alicyclic amines) is 1. The summed E-state index contributed by atoms with van der Waals surface area (Å²) in [5.74, 6) is -1.66. The van der Waals surface area contributed by atoms with Gasteiger partial charge in [-0.3, -0.25) is 9.59 Å². The average molecular weight is 694 g/mol. The van der Waals surface area contributed by atoms with Gasteiger partial charge in [0.15, 0.2) is 0 Å². The number of allylic oxidation sites excluding steroid dienone is 2. The number of amides is 1. The molecule has 3 aliphatic heterocycles. The molecule has 0 radical (unpaired) electrons. The van der Waals surface area contributed by atoms with Gasteiger partial charge in [-0.25, -0.2) is 4.79 Å². The zero-order valence-corrected chi connectivity index (χ0v) is 30.4. The number of carbonyl (C=O) groups excluding carboxylic acids is 3. The van der Waals surface area contributed by atoms with Gasteiger partial charge in [0, 0.05) is 38.3 Å². The lowest BCUT2D eigenvalue weighted by Gasteiger charge is -2.32. The summed E-state index contributed by atoms with van der Waals surface area (Å²) in [5, 5.41) is 31.4. The van der Waals surface area contributed by atoms with Crippen LogP contribution in [0, 0.1) is 17.8 Å². The number of nitrogens with zero attached hydrogens (tertiary/aromatic N) is 1. The van der Waals surface area contributed by atoms with Gasteiger partial charge in [-0.2, -0.15) is 0 Å². The second-order valence-corrected chi connectivity index (χ2v) is 14.2. The Kier molecular flexibility index (Phi) is 15.3. The maximum Gasteiger partial charge on any atom is 0.410 e. The molecule has 0 aliphatic carbocycles. The molecule has 3 aliphatic rings. The minimum absolute atomic E-state index is 0.00127. The lowest BCUT2D eigenvalue weighted by Crippen LogP contribution is -2.42. The van der Waals surface area contributed by atoms with Crippen molar-refractivity contribution in [1.82, 2.24) is 4.90 Å². The molecule has 278 valence electrons. The molecule has 12 atom stereocenters. The molecule has 0 bridgehead atoms. The number of esters is 2. The highest BCUT2D eigenvalue weighted by molar-refractivity contribution is 5.70. The molecular formula is C37H59NO11. The molecule has 3 rings (SSSR count). The highest BCUT2D eigenvalue weighted by Crippen LogP contribution is 2.39. The van der Waals surface area contributed by atoms with E-state index in [4.69, 9.17) is 23.7 Å². The second-order valence-electron chi connectivity index (χ2n) is 14.2. The predicted molar refractivity (Wildman–Crippen MR) is 182 cm³/mol. The van der Waals surface area contributed by atoms with Crippen LogP contribution < -0.4 is 0 Å². The summed E-state index contributed by atoms with van der Waals surface area (Å²) in [5.41, 5.74) is -0.741. The van der Waals surface area contributed by atoms with Crippen LogP contribution in [0.3, 0.4) is 0 Å². The Bertz CT molecular complexity index is 1190. The van der Waals surface area contributed by atoms with Crippen LogP contribution in [-0.4, -0.2) is 113 Å². The molecule has 0 saturated carbocycles. The van der Waals surface area contributed by atoms with E-state index in [0.29, 0.717) is 12.1 Å². The van der Waals surface area contributed by atoms with Gasteiger partial charge in [-0.15, -0.1) is 0 Å². The minimum Gasteiger partial charge on any atom is -0.457 e. The highest BCUT2D eigenvalue weighted by Gasteiger charge is 2.53. The zero-order chi connectivity index (χ0) is 36.5. The first-order valence-electron chi connectivity index (χ1n) is 17.7. The number of rotatable bonds is 12. The Labute approximate surface area is 291 Å². The Hall–Kier alpha value is -2.77. The van der Waals surface area contributed by atoms with Crippen LogP contribution in [0.2, 0.25) is 0 Å². The van der Waals surface area contributed by atoms with Crippen LogP contribution in [0.4, 0.5) is 4.79 Å². The maximum absolute atomic E-state index is 13.3. The number of aliphatic hydroxyl groups excluding tert-OH is 2. The van der Waals surface area contributed by atoms with Gasteiger partial charge in [0.05, 0.1) is 37.4 Å². The van der Waals surface area contributed by atoms with Crippen molar-refractivity contribution in [3.8, 4) is 0 Å². The first kappa shape index (κ1) is 40.7. The van der Waals surface area contributed by atoms with Gasteiger partial charge >= 0.3 is 18.0 Å². The zero-order valence-electron chi connectivity index (χ0n) is 30.4. The monoisotopic (exact) mass is 693 g/mol. The fourth-order valence-electron chi connectivity index (χ4n) is 6.93. The molecule has 49 heavy (non-hydrogen) atoms. The molecule has 3 heterocycles. The number of carbonyl (C=O) groups is 3. The van der Waals surface area contributed by atoms with Gasteiger partial charge in [0.1, 0.15) is 30.0 Å². The number of hydrogen-bond donors (Lipinski definition) is 3. The first-order valence-corrected chi connectivity index (χ1v) is 17.7. The van der Waals surface area contributed by atoms with Crippen molar-refractivity contribution < 1.29 is 53.4 Å². The smallest absolute Gasteiger partial charge is 0.410 e. The normalized spacial score (nSPS) is 34.6. The van der Waals surface area contributed by atoms with E-state index in [-0.39, 0.29) is 68.0 Å². The lowest BCUT2D eigenvalue weighted by molar-refractivity contribution is -0.157. The van der Waals surface area contributed by atoms with Gasteiger partial charge < -0.3 is 43.9 Å². The predicted octanol–water partition coefficient (Wildman–Crippen LogP) is 4.25. The minimum atomic E-state index is -1.46. The number of methoxy groups -OCH3 is 1. The molecule has 1 amide bonds. The third-order valence-corrected chi connectivity index (χ3v) is 10.1. The Morgan fingerprint density at radius 1 is 1.18 bits per heavy atom. The molecule has 2 fully saturated rings. The van der Waals surface area contributed by atoms with Crippen molar-refractivity contribution in [1.29, 1.82) is 0 Å². The van der Waals surface area contributed by atoms with E-state index in [2.05, 4.69) is 13.8 Å². The summed E-state index contributed by atoms with van der Waals surface area (Å²) >= 11 is 0. The van der Waals surface area contributed by atoms with Crippen LogP contribution in [-0.2, 0) is 33.3 Å². The summed E-state index contributed by atoms with van der Waals surface area (Å²) in [4.78, 5) is 39.6. The molecule has 12 heteroatoms. The van der Waals surface area contributed by atoms with Crippen molar-refractivity contribution in [2.45, 2.75) is 141 Å².